The normalized spacial score (nSPS) is 14.4. The summed E-state index contributed by atoms with van der Waals surface area (Å²) in [6, 6.07) is 31.2. The summed E-state index contributed by atoms with van der Waals surface area (Å²) in [7, 11) is 0. The van der Waals surface area contributed by atoms with Gasteiger partial charge in [0.2, 0.25) is 0 Å². The van der Waals surface area contributed by atoms with Gasteiger partial charge in [0.15, 0.2) is 0 Å². The Morgan fingerprint density at radius 3 is 2.10 bits per heavy atom. The van der Waals surface area contributed by atoms with Gasteiger partial charge in [0.25, 0.3) is 0 Å². The monoisotopic (exact) mass is 391 g/mol. The highest BCUT2D eigenvalue weighted by Gasteiger charge is 2.38. The van der Waals surface area contributed by atoms with E-state index in [1.54, 1.807) is 0 Å². The van der Waals surface area contributed by atoms with E-state index in [0.717, 1.165) is 0 Å². The van der Waals surface area contributed by atoms with Crippen molar-refractivity contribution in [1.29, 1.82) is 0 Å². The zero-order valence-electron chi connectivity index (χ0n) is 18.5. The lowest BCUT2D eigenvalue weighted by Crippen LogP contribution is -2.38. The van der Waals surface area contributed by atoms with Crippen molar-refractivity contribution < 1.29 is 0 Å². The molecule has 1 aliphatic rings. The molecule has 30 heavy (non-hydrogen) atoms. The topological polar surface area (TPSA) is 3.24 Å². The lowest BCUT2D eigenvalue weighted by atomic mass is 9.82. The van der Waals surface area contributed by atoms with Gasteiger partial charge in [0.05, 0.1) is 0 Å². The summed E-state index contributed by atoms with van der Waals surface area (Å²) in [5.74, 6) is 0. The molecule has 1 nitrogen and oxygen atoms in total. The summed E-state index contributed by atoms with van der Waals surface area (Å²) in [5, 5.41) is 2.55. The first-order valence-corrected chi connectivity index (χ1v) is 10.8. The molecule has 0 radical (unpaired) electrons. The quantitative estimate of drug-likeness (QED) is 0.334. The Kier molecular flexibility index (Phi) is 4.08. The summed E-state index contributed by atoms with van der Waals surface area (Å²) < 4.78 is 0. The minimum absolute atomic E-state index is 0.00881. The molecule has 0 spiro atoms. The Morgan fingerprint density at radius 2 is 1.33 bits per heavy atom. The van der Waals surface area contributed by atoms with Crippen LogP contribution in [0.2, 0.25) is 0 Å². The number of hydrogen-bond acceptors (Lipinski definition) is 1. The molecular formula is C29H29N. The van der Waals surface area contributed by atoms with Gasteiger partial charge < -0.3 is 4.90 Å². The number of nitrogens with zero attached hydrogens (tertiary/aromatic N) is 1. The van der Waals surface area contributed by atoms with Crippen molar-refractivity contribution in [2.24, 2.45) is 0 Å². The minimum Gasteiger partial charge on any atom is -0.336 e. The second-order valence-electron chi connectivity index (χ2n) is 9.91. The van der Waals surface area contributed by atoms with E-state index in [4.69, 9.17) is 0 Å². The number of rotatable bonds is 2. The third-order valence-corrected chi connectivity index (χ3v) is 6.49. The fraction of sp³-hybridized carbons (Fsp3) is 0.241. The zero-order valence-corrected chi connectivity index (χ0v) is 18.5. The minimum atomic E-state index is -0.0702. The summed E-state index contributed by atoms with van der Waals surface area (Å²) in [4.78, 5) is 2.51. The Labute approximate surface area is 180 Å². The van der Waals surface area contributed by atoms with Gasteiger partial charge in [-0.3, -0.25) is 0 Å². The van der Waals surface area contributed by atoms with Crippen molar-refractivity contribution in [2.75, 3.05) is 4.90 Å². The van der Waals surface area contributed by atoms with Gasteiger partial charge in [-0.15, -0.1) is 0 Å². The van der Waals surface area contributed by atoms with Crippen molar-refractivity contribution in [3.05, 3.63) is 96.1 Å². The Hall–Kier alpha value is -3.06. The molecule has 0 atom stereocenters. The smallest absolute Gasteiger partial charge is 0.0498 e. The molecule has 5 rings (SSSR count). The first-order valence-electron chi connectivity index (χ1n) is 10.8. The lowest BCUT2D eigenvalue weighted by molar-refractivity contribution is 0.560. The van der Waals surface area contributed by atoms with E-state index in [2.05, 4.69) is 124 Å². The van der Waals surface area contributed by atoms with E-state index < -0.39 is 0 Å². The summed E-state index contributed by atoms with van der Waals surface area (Å²) >= 11 is 0. The number of benzene rings is 4. The van der Waals surface area contributed by atoms with Crippen LogP contribution in [0.3, 0.4) is 0 Å². The SMILES string of the molecule is CC1(C)c2ccccc2-c2c(N(c3ccc4ccccc4c3)C(C)(C)C)cccc21. The maximum Gasteiger partial charge on any atom is 0.0498 e. The summed E-state index contributed by atoms with van der Waals surface area (Å²) in [6.07, 6.45) is 0. The standard InChI is InChI=1S/C29H29N/c1-28(2,3)30(22-18-17-20-11-6-7-12-21(20)19-22)26-16-10-15-25-27(26)23-13-8-9-14-24(23)29(25,4)5/h6-19H,1-5H3. The van der Waals surface area contributed by atoms with E-state index in [1.165, 1.54) is 44.4 Å². The predicted molar refractivity (Wildman–Crippen MR) is 130 cm³/mol. The van der Waals surface area contributed by atoms with Crippen LogP contribution >= 0.6 is 0 Å². The van der Waals surface area contributed by atoms with Crippen LogP contribution in [0.4, 0.5) is 11.4 Å². The average molecular weight is 392 g/mol. The fourth-order valence-electron chi connectivity index (χ4n) is 5.13. The Balaban J connectivity index is 1.79. The molecule has 0 N–H and O–H groups in total. The Morgan fingerprint density at radius 1 is 0.667 bits per heavy atom. The van der Waals surface area contributed by atoms with Gasteiger partial charge in [-0.25, -0.2) is 0 Å². The molecule has 0 saturated heterocycles. The molecule has 0 saturated carbocycles. The van der Waals surface area contributed by atoms with Gasteiger partial charge in [0.1, 0.15) is 0 Å². The largest absolute Gasteiger partial charge is 0.336 e. The van der Waals surface area contributed by atoms with E-state index in [1.807, 2.05) is 0 Å². The van der Waals surface area contributed by atoms with E-state index in [9.17, 15) is 0 Å². The second-order valence-corrected chi connectivity index (χ2v) is 9.91. The van der Waals surface area contributed by atoms with Crippen LogP contribution in [-0.2, 0) is 5.41 Å². The van der Waals surface area contributed by atoms with Gasteiger partial charge in [-0.2, -0.15) is 0 Å². The molecule has 0 heterocycles. The van der Waals surface area contributed by atoms with Gasteiger partial charge >= 0.3 is 0 Å². The highest BCUT2D eigenvalue weighted by molar-refractivity contribution is 5.94. The Bertz CT molecular complexity index is 1260. The van der Waals surface area contributed by atoms with E-state index >= 15 is 0 Å². The molecule has 1 heteroatoms. The van der Waals surface area contributed by atoms with Crippen LogP contribution in [0.5, 0.6) is 0 Å². The maximum atomic E-state index is 2.51. The molecule has 150 valence electrons. The first-order chi connectivity index (χ1) is 14.3. The van der Waals surface area contributed by atoms with Crippen LogP contribution in [0.15, 0.2) is 84.9 Å². The van der Waals surface area contributed by atoms with Crippen molar-refractivity contribution in [3.63, 3.8) is 0 Å². The fourth-order valence-corrected chi connectivity index (χ4v) is 5.13. The van der Waals surface area contributed by atoms with Crippen molar-refractivity contribution in [1.82, 2.24) is 0 Å². The predicted octanol–water partition coefficient (Wildman–Crippen LogP) is 8.08. The van der Waals surface area contributed by atoms with Crippen molar-refractivity contribution in [2.45, 2.75) is 45.6 Å². The highest BCUT2D eigenvalue weighted by Crippen LogP contribution is 2.53. The molecule has 0 bridgehead atoms. The summed E-state index contributed by atoms with van der Waals surface area (Å²) in [6.45, 7) is 11.6. The van der Waals surface area contributed by atoms with Crippen molar-refractivity contribution >= 4 is 22.1 Å². The molecule has 0 amide bonds. The highest BCUT2D eigenvalue weighted by atomic mass is 15.2. The van der Waals surface area contributed by atoms with Crippen LogP contribution in [-0.4, -0.2) is 5.54 Å². The molecule has 1 aliphatic carbocycles. The number of anilines is 2. The van der Waals surface area contributed by atoms with Crippen LogP contribution in [0, 0.1) is 0 Å². The van der Waals surface area contributed by atoms with Crippen LogP contribution < -0.4 is 4.90 Å². The second kappa shape index (κ2) is 6.47. The van der Waals surface area contributed by atoms with E-state index in [0.29, 0.717) is 0 Å². The zero-order chi connectivity index (χ0) is 21.1. The van der Waals surface area contributed by atoms with Crippen molar-refractivity contribution in [3.8, 4) is 11.1 Å². The molecule has 0 fully saturated rings. The maximum absolute atomic E-state index is 2.51. The van der Waals surface area contributed by atoms with Gasteiger partial charge in [-0.1, -0.05) is 80.6 Å². The van der Waals surface area contributed by atoms with Gasteiger partial charge in [-0.05, 0) is 66.4 Å². The third kappa shape index (κ3) is 2.76. The number of fused-ring (bicyclic) bond motifs is 4. The molecule has 4 aromatic carbocycles. The molecule has 0 aliphatic heterocycles. The lowest BCUT2D eigenvalue weighted by Gasteiger charge is -2.39. The average Bonchev–Trinajstić information content (AvgIpc) is 2.95. The van der Waals surface area contributed by atoms with Crippen LogP contribution in [0.1, 0.15) is 45.7 Å². The first kappa shape index (κ1) is 18.9. The molecule has 4 aromatic rings. The van der Waals surface area contributed by atoms with Crippen LogP contribution in [0.25, 0.3) is 21.9 Å². The number of hydrogen-bond donors (Lipinski definition) is 0. The molecular weight excluding hydrogens is 362 g/mol. The van der Waals surface area contributed by atoms with Gasteiger partial charge in [0, 0.05) is 27.9 Å². The molecule has 0 unspecified atom stereocenters. The molecule has 0 aromatic heterocycles. The summed E-state index contributed by atoms with van der Waals surface area (Å²) in [5.41, 5.74) is 8.03. The third-order valence-electron chi connectivity index (χ3n) is 6.49. The van der Waals surface area contributed by atoms with E-state index in [-0.39, 0.29) is 11.0 Å².